The van der Waals surface area contributed by atoms with Gasteiger partial charge in [-0.1, -0.05) is 26.1 Å². The van der Waals surface area contributed by atoms with E-state index in [1.165, 1.54) is 0 Å². The van der Waals surface area contributed by atoms with Crippen LogP contribution in [-0.4, -0.2) is 16.6 Å². The van der Waals surface area contributed by atoms with Gasteiger partial charge in [0, 0.05) is 12.3 Å². The van der Waals surface area contributed by atoms with Crippen molar-refractivity contribution in [1.29, 1.82) is 0 Å². The van der Waals surface area contributed by atoms with Crippen LogP contribution in [0.2, 0.25) is 0 Å². The Kier molecular flexibility index (Phi) is 4.89. The highest BCUT2D eigenvalue weighted by atomic mass is 79.9. The van der Waals surface area contributed by atoms with E-state index in [4.69, 9.17) is 17.0 Å². The molecule has 1 aromatic rings. The maximum Gasteiger partial charge on any atom is 0.144 e. The number of ether oxygens (including phenoxy) is 1. The molecule has 0 atom stereocenters. The number of rotatable bonds is 4. The Morgan fingerprint density at radius 1 is 1.53 bits per heavy atom. The van der Waals surface area contributed by atoms with Gasteiger partial charge >= 0.3 is 0 Å². The van der Waals surface area contributed by atoms with E-state index in [-0.39, 0.29) is 0 Å². The second-order valence-corrected chi connectivity index (χ2v) is 4.69. The quantitative estimate of drug-likeness (QED) is 0.862. The molecule has 0 unspecified atom stereocenters. The minimum absolute atomic E-state index is 0.379. The Morgan fingerprint density at radius 2 is 2.20 bits per heavy atom. The van der Waals surface area contributed by atoms with E-state index in [1.54, 1.807) is 0 Å². The van der Waals surface area contributed by atoms with Crippen LogP contribution in [0.5, 0.6) is 0 Å². The van der Waals surface area contributed by atoms with E-state index in [0.29, 0.717) is 23.8 Å². The summed E-state index contributed by atoms with van der Waals surface area (Å²) in [7, 11) is 0. The van der Waals surface area contributed by atoms with Crippen LogP contribution in [0.1, 0.15) is 38.2 Å². The monoisotopic (exact) mass is 290 g/mol. The lowest BCUT2D eigenvalue weighted by atomic mass is 10.1. The molecule has 0 aromatic carbocycles. The number of nitrogens with one attached hydrogen (secondary N) is 1. The first-order valence-corrected chi connectivity index (χ1v) is 6.12. The first kappa shape index (κ1) is 12.8. The van der Waals surface area contributed by atoms with Crippen molar-refractivity contribution in [2.45, 2.75) is 33.3 Å². The van der Waals surface area contributed by atoms with Gasteiger partial charge < -0.3 is 9.72 Å². The van der Waals surface area contributed by atoms with Gasteiger partial charge in [-0.05, 0) is 28.8 Å². The first-order valence-electron chi connectivity index (χ1n) is 4.92. The lowest BCUT2D eigenvalue weighted by Gasteiger charge is -2.11. The van der Waals surface area contributed by atoms with Gasteiger partial charge in [0.25, 0.3) is 0 Å². The van der Waals surface area contributed by atoms with Gasteiger partial charge in [-0.3, -0.25) is 0 Å². The van der Waals surface area contributed by atoms with E-state index < -0.39 is 0 Å². The van der Waals surface area contributed by atoms with Crippen molar-refractivity contribution in [3.8, 4) is 0 Å². The molecular formula is C10H15BrN2OS. The summed E-state index contributed by atoms with van der Waals surface area (Å²) in [5.41, 5.74) is 1.07. The zero-order valence-electron chi connectivity index (χ0n) is 9.13. The maximum absolute atomic E-state index is 5.29. The van der Waals surface area contributed by atoms with Crippen molar-refractivity contribution in [1.82, 2.24) is 9.97 Å². The number of aromatic amines is 1. The van der Waals surface area contributed by atoms with E-state index >= 15 is 0 Å². The van der Waals surface area contributed by atoms with Crippen LogP contribution in [0, 0.1) is 4.64 Å². The lowest BCUT2D eigenvalue weighted by Crippen LogP contribution is -2.05. The van der Waals surface area contributed by atoms with Crippen LogP contribution in [0.4, 0.5) is 0 Å². The molecule has 3 nitrogen and oxygen atoms in total. The number of nitrogens with zero attached hydrogens (tertiary/aromatic N) is 1. The lowest BCUT2D eigenvalue weighted by molar-refractivity contribution is 0.128. The maximum atomic E-state index is 5.29. The van der Waals surface area contributed by atoms with Crippen molar-refractivity contribution in [2.75, 3.05) is 6.61 Å². The van der Waals surface area contributed by atoms with Crippen molar-refractivity contribution < 1.29 is 4.74 Å². The smallest absolute Gasteiger partial charge is 0.144 e. The summed E-state index contributed by atoms with van der Waals surface area (Å²) in [5, 5.41) is 0. The Morgan fingerprint density at radius 3 is 2.73 bits per heavy atom. The zero-order chi connectivity index (χ0) is 11.4. The minimum atomic E-state index is 0.379. The normalized spacial score (nSPS) is 11.0. The molecule has 1 N–H and O–H groups in total. The van der Waals surface area contributed by atoms with Crippen LogP contribution in [0.15, 0.2) is 4.47 Å². The van der Waals surface area contributed by atoms with Gasteiger partial charge in [0.1, 0.15) is 17.1 Å². The Bertz CT molecular complexity index is 389. The van der Waals surface area contributed by atoms with Crippen molar-refractivity contribution in [3.63, 3.8) is 0 Å². The second-order valence-electron chi connectivity index (χ2n) is 3.51. The molecule has 84 valence electrons. The number of aromatic nitrogens is 2. The molecule has 0 fully saturated rings. The summed E-state index contributed by atoms with van der Waals surface area (Å²) in [6, 6.07) is 0. The molecule has 0 radical (unpaired) electrons. The Hall–Kier alpha value is -0.260. The Balaban J connectivity index is 3.06. The summed E-state index contributed by atoms with van der Waals surface area (Å²) in [5.74, 6) is 1.17. The highest BCUT2D eigenvalue weighted by Gasteiger charge is 2.09. The first-order chi connectivity index (χ1) is 7.06. The predicted octanol–water partition coefficient (Wildman–Crippen LogP) is 3.56. The molecule has 1 heterocycles. The van der Waals surface area contributed by atoms with Crippen LogP contribution in [0.25, 0.3) is 0 Å². The fraction of sp³-hybridized carbons (Fsp3) is 0.600. The van der Waals surface area contributed by atoms with E-state index in [0.717, 1.165) is 16.0 Å². The molecule has 15 heavy (non-hydrogen) atoms. The average Bonchev–Trinajstić information content (AvgIpc) is 2.19. The number of H-pyrrole nitrogens is 1. The van der Waals surface area contributed by atoms with Crippen molar-refractivity contribution in [2.24, 2.45) is 0 Å². The summed E-state index contributed by atoms with van der Waals surface area (Å²) < 4.78 is 6.77. The van der Waals surface area contributed by atoms with E-state index in [1.807, 2.05) is 6.92 Å². The van der Waals surface area contributed by atoms with E-state index in [9.17, 15) is 0 Å². The number of hydrogen-bond donors (Lipinski definition) is 1. The molecule has 0 amide bonds. The third kappa shape index (κ3) is 3.36. The largest absolute Gasteiger partial charge is 0.374 e. The number of hydrogen-bond acceptors (Lipinski definition) is 3. The Labute approximate surface area is 103 Å². The molecule has 5 heteroatoms. The molecule has 0 aliphatic rings. The predicted molar refractivity (Wildman–Crippen MR) is 66.5 cm³/mol. The topological polar surface area (TPSA) is 37.9 Å². The van der Waals surface area contributed by atoms with Crippen LogP contribution in [0.3, 0.4) is 0 Å². The van der Waals surface area contributed by atoms with Crippen LogP contribution in [-0.2, 0) is 11.3 Å². The number of halogens is 1. The van der Waals surface area contributed by atoms with Gasteiger partial charge in [-0.25, -0.2) is 4.98 Å². The molecular weight excluding hydrogens is 276 g/mol. The summed E-state index contributed by atoms with van der Waals surface area (Å²) >= 11 is 8.61. The van der Waals surface area contributed by atoms with Crippen LogP contribution < -0.4 is 0 Å². The van der Waals surface area contributed by atoms with Gasteiger partial charge in [-0.2, -0.15) is 0 Å². The molecule has 0 aliphatic heterocycles. The molecule has 1 aromatic heterocycles. The third-order valence-corrected chi connectivity index (χ3v) is 3.32. The summed E-state index contributed by atoms with van der Waals surface area (Å²) in [6.45, 7) is 7.32. The SMILES string of the molecule is CCOCc1nc(=S)c(Br)c(C(C)C)[nH]1. The second kappa shape index (κ2) is 5.72. The molecule has 0 bridgehead atoms. The molecule has 0 saturated heterocycles. The molecule has 0 saturated carbocycles. The van der Waals surface area contributed by atoms with Crippen LogP contribution >= 0.6 is 28.1 Å². The average molecular weight is 291 g/mol. The highest BCUT2D eigenvalue weighted by Crippen LogP contribution is 2.23. The molecule has 0 spiro atoms. The molecule has 0 aliphatic carbocycles. The van der Waals surface area contributed by atoms with Gasteiger partial charge in [0.05, 0.1) is 4.47 Å². The fourth-order valence-electron chi connectivity index (χ4n) is 1.19. The van der Waals surface area contributed by atoms with Crippen molar-refractivity contribution >= 4 is 28.1 Å². The third-order valence-electron chi connectivity index (χ3n) is 1.96. The fourth-order valence-corrected chi connectivity index (χ4v) is 2.06. The van der Waals surface area contributed by atoms with Crippen molar-refractivity contribution in [3.05, 3.63) is 20.6 Å². The van der Waals surface area contributed by atoms with E-state index in [2.05, 4.69) is 39.7 Å². The standard InChI is InChI=1S/C10H15BrN2OS/c1-4-14-5-7-12-9(6(2)3)8(11)10(15)13-7/h6H,4-5H2,1-3H3,(H,12,13,15). The van der Waals surface area contributed by atoms with Gasteiger partial charge in [0.2, 0.25) is 0 Å². The molecule has 1 rings (SSSR count). The van der Waals surface area contributed by atoms with Gasteiger partial charge in [0.15, 0.2) is 0 Å². The zero-order valence-corrected chi connectivity index (χ0v) is 11.5. The summed E-state index contributed by atoms with van der Waals surface area (Å²) in [6.07, 6.45) is 0. The highest BCUT2D eigenvalue weighted by molar-refractivity contribution is 9.10. The van der Waals surface area contributed by atoms with Gasteiger partial charge in [-0.15, -0.1) is 0 Å². The minimum Gasteiger partial charge on any atom is -0.374 e. The summed E-state index contributed by atoms with van der Waals surface area (Å²) in [4.78, 5) is 7.48.